The number of primary amides is 1. The standard InChI is InChI=1S/C17H14FN3OS/c1-10-3-2-4-15(20-10)21-17-13(16(19)22)9-14(23-17)11-5-7-12(18)8-6-11/h2-9H,1H3,(H2,19,22)(H,20,21). The van der Waals surface area contributed by atoms with Crippen LogP contribution < -0.4 is 11.1 Å². The Kier molecular flexibility index (Phi) is 4.08. The second-order valence-electron chi connectivity index (χ2n) is 5.01. The molecule has 0 aliphatic carbocycles. The van der Waals surface area contributed by atoms with Gasteiger partial charge in [0, 0.05) is 10.6 Å². The van der Waals surface area contributed by atoms with Crippen molar-refractivity contribution in [3.8, 4) is 10.4 Å². The van der Waals surface area contributed by atoms with E-state index in [-0.39, 0.29) is 5.82 Å². The number of amides is 1. The molecule has 0 atom stereocenters. The van der Waals surface area contributed by atoms with Crippen molar-refractivity contribution in [2.75, 3.05) is 5.32 Å². The maximum Gasteiger partial charge on any atom is 0.251 e. The SMILES string of the molecule is Cc1cccc(Nc2sc(-c3ccc(F)cc3)cc2C(N)=O)n1. The van der Waals surface area contributed by atoms with Crippen LogP contribution in [0, 0.1) is 12.7 Å². The van der Waals surface area contributed by atoms with Gasteiger partial charge in [-0.2, -0.15) is 0 Å². The van der Waals surface area contributed by atoms with Crippen LogP contribution in [0.5, 0.6) is 0 Å². The van der Waals surface area contributed by atoms with Crippen molar-refractivity contribution in [2.24, 2.45) is 5.73 Å². The van der Waals surface area contributed by atoms with Crippen LogP contribution in [-0.4, -0.2) is 10.9 Å². The van der Waals surface area contributed by atoms with Gasteiger partial charge in [-0.3, -0.25) is 4.79 Å². The smallest absolute Gasteiger partial charge is 0.251 e. The Morgan fingerprint density at radius 3 is 2.61 bits per heavy atom. The van der Waals surface area contributed by atoms with Crippen molar-refractivity contribution >= 4 is 28.1 Å². The van der Waals surface area contributed by atoms with E-state index in [9.17, 15) is 9.18 Å². The topological polar surface area (TPSA) is 68.0 Å². The molecule has 23 heavy (non-hydrogen) atoms. The number of aryl methyl sites for hydroxylation is 1. The lowest BCUT2D eigenvalue weighted by atomic mass is 10.1. The fourth-order valence-corrected chi connectivity index (χ4v) is 3.23. The predicted octanol–water partition coefficient (Wildman–Crippen LogP) is 4.10. The van der Waals surface area contributed by atoms with Gasteiger partial charge in [-0.25, -0.2) is 9.37 Å². The number of aromatic nitrogens is 1. The summed E-state index contributed by atoms with van der Waals surface area (Å²) in [5, 5.41) is 3.75. The van der Waals surface area contributed by atoms with Gasteiger partial charge < -0.3 is 11.1 Å². The number of pyridine rings is 1. The number of carbonyl (C=O) groups is 1. The molecule has 2 heterocycles. The molecular weight excluding hydrogens is 313 g/mol. The fraction of sp³-hybridized carbons (Fsp3) is 0.0588. The maximum atomic E-state index is 13.0. The summed E-state index contributed by atoms with van der Waals surface area (Å²) in [6.45, 7) is 1.89. The van der Waals surface area contributed by atoms with Gasteiger partial charge in [-0.15, -0.1) is 11.3 Å². The van der Waals surface area contributed by atoms with E-state index in [1.165, 1.54) is 23.5 Å². The molecule has 0 bridgehead atoms. The summed E-state index contributed by atoms with van der Waals surface area (Å²) in [7, 11) is 0. The summed E-state index contributed by atoms with van der Waals surface area (Å²) < 4.78 is 13.0. The zero-order chi connectivity index (χ0) is 16.4. The molecule has 0 radical (unpaired) electrons. The Bertz CT molecular complexity index is 859. The molecule has 3 N–H and O–H groups in total. The molecule has 0 aliphatic heterocycles. The molecule has 3 aromatic rings. The molecule has 116 valence electrons. The summed E-state index contributed by atoms with van der Waals surface area (Å²) in [6, 6.07) is 13.4. The van der Waals surface area contributed by atoms with Crippen LogP contribution in [0.2, 0.25) is 0 Å². The number of nitrogens with one attached hydrogen (secondary N) is 1. The van der Waals surface area contributed by atoms with Crippen molar-refractivity contribution in [3.05, 3.63) is 65.6 Å². The molecule has 0 spiro atoms. The number of rotatable bonds is 4. The molecule has 0 saturated heterocycles. The highest BCUT2D eigenvalue weighted by molar-refractivity contribution is 7.19. The number of carbonyl (C=O) groups excluding carboxylic acids is 1. The van der Waals surface area contributed by atoms with Gasteiger partial charge in [0.05, 0.1) is 5.56 Å². The molecule has 2 aromatic heterocycles. The number of thiophene rings is 1. The lowest BCUT2D eigenvalue weighted by Crippen LogP contribution is -2.11. The molecule has 4 nitrogen and oxygen atoms in total. The average molecular weight is 327 g/mol. The first-order valence-corrected chi connectivity index (χ1v) is 7.75. The molecule has 1 amide bonds. The van der Waals surface area contributed by atoms with E-state index in [1.54, 1.807) is 18.2 Å². The largest absolute Gasteiger partial charge is 0.366 e. The van der Waals surface area contributed by atoms with E-state index >= 15 is 0 Å². The monoisotopic (exact) mass is 327 g/mol. The van der Waals surface area contributed by atoms with E-state index in [4.69, 9.17) is 5.73 Å². The van der Waals surface area contributed by atoms with E-state index in [1.807, 2.05) is 25.1 Å². The van der Waals surface area contributed by atoms with Crippen LogP contribution in [0.3, 0.4) is 0 Å². The molecule has 0 unspecified atom stereocenters. The first-order valence-electron chi connectivity index (χ1n) is 6.93. The van der Waals surface area contributed by atoms with Gasteiger partial charge in [0.15, 0.2) is 0 Å². The Morgan fingerprint density at radius 2 is 1.96 bits per heavy atom. The van der Waals surface area contributed by atoms with E-state index in [2.05, 4.69) is 10.3 Å². The van der Waals surface area contributed by atoms with Crippen LogP contribution in [0.4, 0.5) is 15.2 Å². The Balaban J connectivity index is 1.99. The third-order valence-corrected chi connectivity index (χ3v) is 4.36. The third-order valence-electron chi connectivity index (χ3n) is 3.26. The number of nitrogens with two attached hydrogens (primary N) is 1. The van der Waals surface area contributed by atoms with E-state index < -0.39 is 5.91 Å². The van der Waals surface area contributed by atoms with Gasteiger partial charge in [0.25, 0.3) is 5.91 Å². The summed E-state index contributed by atoms with van der Waals surface area (Å²) in [4.78, 5) is 16.9. The highest BCUT2D eigenvalue weighted by Crippen LogP contribution is 2.36. The number of hydrogen-bond acceptors (Lipinski definition) is 4. The Hall–Kier alpha value is -2.73. The van der Waals surface area contributed by atoms with Crippen molar-refractivity contribution in [2.45, 2.75) is 6.92 Å². The van der Waals surface area contributed by atoms with Crippen LogP contribution in [0.25, 0.3) is 10.4 Å². The molecular formula is C17H14FN3OS. The van der Waals surface area contributed by atoms with Gasteiger partial charge in [0.2, 0.25) is 0 Å². The number of nitrogens with zero attached hydrogens (tertiary/aromatic N) is 1. The van der Waals surface area contributed by atoms with Crippen molar-refractivity contribution < 1.29 is 9.18 Å². The van der Waals surface area contributed by atoms with Crippen LogP contribution in [-0.2, 0) is 0 Å². The number of benzene rings is 1. The van der Waals surface area contributed by atoms with Gasteiger partial charge >= 0.3 is 0 Å². The number of halogens is 1. The minimum atomic E-state index is -0.523. The second kappa shape index (κ2) is 6.18. The highest BCUT2D eigenvalue weighted by Gasteiger charge is 2.15. The number of hydrogen-bond donors (Lipinski definition) is 2. The minimum Gasteiger partial charge on any atom is -0.366 e. The lowest BCUT2D eigenvalue weighted by molar-refractivity contribution is 0.100. The first kappa shape index (κ1) is 15.2. The average Bonchev–Trinajstić information content (AvgIpc) is 2.92. The quantitative estimate of drug-likeness (QED) is 0.758. The fourth-order valence-electron chi connectivity index (χ4n) is 2.15. The van der Waals surface area contributed by atoms with Crippen LogP contribution in [0.15, 0.2) is 48.5 Å². The molecule has 1 aromatic carbocycles. The minimum absolute atomic E-state index is 0.303. The van der Waals surface area contributed by atoms with Crippen LogP contribution >= 0.6 is 11.3 Å². The van der Waals surface area contributed by atoms with Crippen molar-refractivity contribution in [1.29, 1.82) is 0 Å². The molecule has 0 saturated carbocycles. The normalized spacial score (nSPS) is 10.5. The highest BCUT2D eigenvalue weighted by atomic mass is 32.1. The lowest BCUT2D eigenvalue weighted by Gasteiger charge is -2.05. The molecule has 3 rings (SSSR count). The summed E-state index contributed by atoms with van der Waals surface area (Å²) in [5.41, 5.74) is 7.54. The first-order chi connectivity index (χ1) is 11.0. The third kappa shape index (κ3) is 3.37. The Labute approximate surface area is 136 Å². The summed E-state index contributed by atoms with van der Waals surface area (Å²) in [6.07, 6.45) is 0. The maximum absolute atomic E-state index is 13.0. The molecule has 0 aliphatic rings. The zero-order valence-electron chi connectivity index (χ0n) is 12.3. The van der Waals surface area contributed by atoms with Gasteiger partial charge in [-0.05, 0) is 42.8 Å². The van der Waals surface area contributed by atoms with Crippen molar-refractivity contribution in [1.82, 2.24) is 4.98 Å². The van der Waals surface area contributed by atoms with Gasteiger partial charge in [0.1, 0.15) is 16.6 Å². The molecule has 0 fully saturated rings. The van der Waals surface area contributed by atoms with Crippen molar-refractivity contribution in [3.63, 3.8) is 0 Å². The van der Waals surface area contributed by atoms with Gasteiger partial charge in [-0.1, -0.05) is 18.2 Å². The van der Waals surface area contributed by atoms with Crippen LogP contribution in [0.1, 0.15) is 16.1 Å². The predicted molar refractivity (Wildman–Crippen MR) is 90.5 cm³/mol. The summed E-state index contributed by atoms with van der Waals surface area (Å²) in [5.74, 6) is -0.187. The zero-order valence-corrected chi connectivity index (χ0v) is 13.2. The molecule has 6 heteroatoms. The van der Waals surface area contributed by atoms with E-state index in [0.29, 0.717) is 16.4 Å². The van der Waals surface area contributed by atoms with E-state index in [0.717, 1.165) is 16.1 Å². The number of anilines is 2. The summed E-state index contributed by atoms with van der Waals surface area (Å²) >= 11 is 1.37. The Morgan fingerprint density at radius 1 is 1.22 bits per heavy atom. The second-order valence-corrected chi connectivity index (χ2v) is 6.07.